The van der Waals surface area contributed by atoms with Crippen molar-refractivity contribution in [2.24, 2.45) is 5.92 Å². The standard InChI is InChI=1S/C19H20ClNO6S/c1-26-18-7-6-13(28(24,25)11-12-9-27-10-17(12)22)8-14(18)19(23)21-16-5-3-2-4-15(16)20/h2-8,12,17,22H,9-11H2,1H3,(H,21,23)/t12?,17-/m0/s1. The Hall–Kier alpha value is -2.13. The zero-order chi connectivity index (χ0) is 20.3. The minimum atomic E-state index is -3.74. The molecule has 1 heterocycles. The minimum absolute atomic E-state index is 0.0308. The average molecular weight is 426 g/mol. The smallest absolute Gasteiger partial charge is 0.259 e. The molecule has 1 fully saturated rings. The van der Waals surface area contributed by atoms with E-state index in [0.29, 0.717) is 10.7 Å². The molecular weight excluding hydrogens is 406 g/mol. The Balaban J connectivity index is 1.89. The molecule has 9 heteroatoms. The highest BCUT2D eigenvalue weighted by atomic mass is 35.5. The molecule has 3 rings (SSSR count). The summed E-state index contributed by atoms with van der Waals surface area (Å²) in [5.74, 6) is -1.10. The summed E-state index contributed by atoms with van der Waals surface area (Å²) in [6.45, 7) is 0.296. The molecule has 2 N–H and O–H groups in total. The lowest BCUT2D eigenvalue weighted by atomic mass is 10.1. The van der Waals surface area contributed by atoms with Crippen molar-refractivity contribution in [1.29, 1.82) is 0 Å². The summed E-state index contributed by atoms with van der Waals surface area (Å²) >= 11 is 6.06. The van der Waals surface area contributed by atoms with Gasteiger partial charge in [-0.15, -0.1) is 0 Å². The summed E-state index contributed by atoms with van der Waals surface area (Å²) in [7, 11) is -2.35. The maximum Gasteiger partial charge on any atom is 0.259 e. The van der Waals surface area contributed by atoms with E-state index in [9.17, 15) is 18.3 Å². The van der Waals surface area contributed by atoms with Crippen LogP contribution in [-0.4, -0.2) is 51.6 Å². The lowest BCUT2D eigenvalue weighted by molar-refractivity contribution is 0.102. The number of aliphatic hydroxyl groups is 1. The van der Waals surface area contributed by atoms with Crippen molar-refractivity contribution in [2.75, 3.05) is 31.4 Å². The van der Waals surface area contributed by atoms with E-state index in [-0.39, 0.29) is 35.2 Å². The molecule has 1 aliphatic rings. The number of hydrogen-bond donors (Lipinski definition) is 2. The first-order valence-corrected chi connectivity index (χ1v) is 10.6. The van der Waals surface area contributed by atoms with Gasteiger partial charge in [0.05, 0.1) is 53.3 Å². The Kier molecular flexibility index (Phi) is 6.24. The Bertz CT molecular complexity index is 978. The molecule has 150 valence electrons. The predicted octanol–water partition coefficient (Wildman–Crippen LogP) is 2.38. The van der Waals surface area contributed by atoms with Gasteiger partial charge in [0.2, 0.25) is 0 Å². The van der Waals surface area contributed by atoms with E-state index in [2.05, 4.69) is 5.32 Å². The molecule has 0 aromatic heterocycles. The minimum Gasteiger partial charge on any atom is -0.496 e. The van der Waals surface area contributed by atoms with E-state index in [1.807, 2.05) is 0 Å². The predicted molar refractivity (Wildman–Crippen MR) is 105 cm³/mol. The first-order chi connectivity index (χ1) is 13.3. The molecule has 0 bridgehead atoms. The molecule has 1 unspecified atom stereocenters. The van der Waals surface area contributed by atoms with Gasteiger partial charge in [-0.05, 0) is 30.3 Å². The summed E-state index contributed by atoms with van der Waals surface area (Å²) in [5, 5.41) is 12.8. The number of anilines is 1. The van der Waals surface area contributed by atoms with Crippen LogP contribution >= 0.6 is 11.6 Å². The maximum absolute atomic E-state index is 12.8. The number of amides is 1. The van der Waals surface area contributed by atoms with Gasteiger partial charge < -0.3 is 19.9 Å². The van der Waals surface area contributed by atoms with Crippen molar-refractivity contribution >= 4 is 33.0 Å². The summed E-state index contributed by atoms with van der Waals surface area (Å²) < 4.78 is 35.8. The Morgan fingerprint density at radius 2 is 2.04 bits per heavy atom. The SMILES string of the molecule is COc1ccc(S(=O)(=O)CC2COC[C@@H]2O)cc1C(=O)Nc1ccccc1Cl. The van der Waals surface area contributed by atoms with Crippen molar-refractivity contribution in [1.82, 2.24) is 0 Å². The number of halogens is 1. The van der Waals surface area contributed by atoms with Crippen LogP contribution in [0.3, 0.4) is 0 Å². The molecule has 1 aliphatic heterocycles. The molecule has 1 saturated heterocycles. The normalized spacial score (nSPS) is 19.4. The number of ether oxygens (including phenoxy) is 2. The molecule has 1 amide bonds. The summed E-state index contributed by atoms with van der Waals surface area (Å²) in [5.41, 5.74) is 0.461. The third-order valence-electron chi connectivity index (χ3n) is 4.49. The number of nitrogens with one attached hydrogen (secondary N) is 1. The van der Waals surface area contributed by atoms with Crippen LogP contribution in [0.5, 0.6) is 5.75 Å². The lowest BCUT2D eigenvalue weighted by Gasteiger charge is -2.15. The highest BCUT2D eigenvalue weighted by molar-refractivity contribution is 7.91. The van der Waals surface area contributed by atoms with Gasteiger partial charge >= 0.3 is 0 Å². The molecule has 28 heavy (non-hydrogen) atoms. The van der Waals surface area contributed by atoms with E-state index in [0.717, 1.165) is 0 Å². The van der Waals surface area contributed by atoms with Crippen LogP contribution < -0.4 is 10.1 Å². The number of methoxy groups -OCH3 is 1. The zero-order valence-electron chi connectivity index (χ0n) is 15.1. The first kappa shape index (κ1) is 20.6. The number of carbonyl (C=O) groups is 1. The molecule has 0 aliphatic carbocycles. The first-order valence-electron chi connectivity index (χ1n) is 8.54. The van der Waals surface area contributed by atoms with Gasteiger partial charge in [0.25, 0.3) is 5.91 Å². The number of sulfone groups is 1. The van der Waals surface area contributed by atoms with Crippen molar-refractivity contribution in [2.45, 2.75) is 11.0 Å². The van der Waals surface area contributed by atoms with Gasteiger partial charge in [-0.25, -0.2) is 8.42 Å². The van der Waals surface area contributed by atoms with E-state index in [1.165, 1.54) is 25.3 Å². The van der Waals surface area contributed by atoms with Crippen LogP contribution in [0.2, 0.25) is 5.02 Å². The monoisotopic (exact) mass is 425 g/mol. The van der Waals surface area contributed by atoms with E-state index >= 15 is 0 Å². The number of para-hydroxylation sites is 1. The fraction of sp³-hybridized carbons (Fsp3) is 0.316. The van der Waals surface area contributed by atoms with E-state index < -0.39 is 27.8 Å². The molecule has 0 saturated carbocycles. The third kappa shape index (κ3) is 4.47. The summed E-state index contributed by atoms with van der Waals surface area (Å²) in [6, 6.07) is 10.8. The van der Waals surface area contributed by atoms with Crippen LogP contribution in [0.1, 0.15) is 10.4 Å². The van der Waals surface area contributed by atoms with Gasteiger partial charge in [-0.3, -0.25) is 4.79 Å². The fourth-order valence-electron chi connectivity index (χ4n) is 2.93. The van der Waals surface area contributed by atoms with Crippen molar-refractivity contribution < 1.29 is 27.8 Å². The molecule has 7 nitrogen and oxygen atoms in total. The second-order valence-corrected chi connectivity index (χ2v) is 8.88. The van der Waals surface area contributed by atoms with Crippen molar-refractivity contribution in [3.8, 4) is 5.75 Å². The van der Waals surface area contributed by atoms with E-state index in [4.69, 9.17) is 21.1 Å². The number of aliphatic hydroxyl groups excluding tert-OH is 1. The quantitative estimate of drug-likeness (QED) is 0.736. The lowest BCUT2D eigenvalue weighted by Crippen LogP contribution is -2.26. The van der Waals surface area contributed by atoms with Crippen molar-refractivity contribution in [3.63, 3.8) is 0 Å². The average Bonchev–Trinajstić information content (AvgIpc) is 3.07. The third-order valence-corrected chi connectivity index (χ3v) is 6.66. The Labute approximate surface area is 168 Å². The highest BCUT2D eigenvalue weighted by Gasteiger charge is 2.32. The topological polar surface area (TPSA) is 102 Å². The number of benzene rings is 2. The molecular formula is C19H20ClNO6S. The summed E-state index contributed by atoms with van der Waals surface area (Å²) in [6.07, 6.45) is -0.823. The van der Waals surface area contributed by atoms with Crippen LogP contribution in [-0.2, 0) is 14.6 Å². The second-order valence-electron chi connectivity index (χ2n) is 6.44. The van der Waals surface area contributed by atoms with Crippen LogP contribution in [0.4, 0.5) is 5.69 Å². The highest BCUT2D eigenvalue weighted by Crippen LogP contribution is 2.28. The summed E-state index contributed by atoms with van der Waals surface area (Å²) in [4.78, 5) is 12.7. The molecule has 2 atom stereocenters. The second kappa shape index (κ2) is 8.48. The van der Waals surface area contributed by atoms with Gasteiger partial charge in [-0.2, -0.15) is 0 Å². The van der Waals surface area contributed by atoms with Gasteiger partial charge in [0.15, 0.2) is 9.84 Å². The Morgan fingerprint density at radius 1 is 1.29 bits per heavy atom. The van der Waals surface area contributed by atoms with Crippen LogP contribution in [0, 0.1) is 5.92 Å². The number of carbonyl (C=O) groups excluding carboxylic acids is 1. The molecule has 0 radical (unpaired) electrons. The van der Waals surface area contributed by atoms with Gasteiger partial charge in [0, 0.05) is 5.92 Å². The number of rotatable bonds is 6. The molecule has 0 spiro atoms. The fourth-order valence-corrected chi connectivity index (χ4v) is 4.77. The Morgan fingerprint density at radius 3 is 2.68 bits per heavy atom. The number of hydrogen-bond acceptors (Lipinski definition) is 6. The van der Waals surface area contributed by atoms with E-state index in [1.54, 1.807) is 24.3 Å². The van der Waals surface area contributed by atoms with Gasteiger partial charge in [-0.1, -0.05) is 23.7 Å². The molecule has 2 aromatic rings. The maximum atomic E-state index is 12.8. The largest absolute Gasteiger partial charge is 0.496 e. The van der Waals surface area contributed by atoms with Crippen LogP contribution in [0.25, 0.3) is 0 Å². The van der Waals surface area contributed by atoms with Gasteiger partial charge in [0.1, 0.15) is 5.75 Å². The van der Waals surface area contributed by atoms with Crippen LogP contribution in [0.15, 0.2) is 47.4 Å². The zero-order valence-corrected chi connectivity index (χ0v) is 16.7. The molecule has 2 aromatic carbocycles. The van der Waals surface area contributed by atoms with Crippen molar-refractivity contribution in [3.05, 3.63) is 53.1 Å².